The molecule has 2 heterocycles. The van der Waals surface area contributed by atoms with Crippen LogP contribution in [0, 0.1) is 0 Å². The van der Waals surface area contributed by atoms with Gasteiger partial charge in [0.05, 0.1) is 29.0 Å². The van der Waals surface area contributed by atoms with E-state index in [4.69, 9.17) is 11.6 Å². The van der Waals surface area contributed by atoms with Crippen LogP contribution in [0.4, 0.5) is 13.2 Å². The third kappa shape index (κ3) is 3.96. The van der Waals surface area contributed by atoms with Crippen LogP contribution in [0.5, 0.6) is 0 Å². The molecule has 1 aliphatic rings. The number of benzene rings is 1. The van der Waals surface area contributed by atoms with Crippen LogP contribution in [-0.4, -0.2) is 53.6 Å². The van der Waals surface area contributed by atoms with Gasteiger partial charge < -0.3 is 4.90 Å². The van der Waals surface area contributed by atoms with Crippen molar-refractivity contribution in [2.75, 3.05) is 18.6 Å². The van der Waals surface area contributed by atoms with Gasteiger partial charge in [-0.25, -0.2) is 13.1 Å². The number of carbonyl (C=O) groups is 1. The molecule has 1 fully saturated rings. The third-order valence-electron chi connectivity index (χ3n) is 4.42. The predicted molar refractivity (Wildman–Crippen MR) is 92.7 cm³/mol. The van der Waals surface area contributed by atoms with Crippen LogP contribution in [0.3, 0.4) is 0 Å². The van der Waals surface area contributed by atoms with Gasteiger partial charge in [0.25, 0.3) is 5.91 Å². The number of aromatic nitrogens is 2. The Kier molecular flexibility index (Phi) is 4.98. The number of nitrogens with zero attached hydrogens (tertiary/aromatic N) is 3. The van der Waals surface area contributed by atoms with Crippen molar-refractivity contribution in [1.29, 1.82) is 0 Å². The van der Waals surface area contributed by atoms with E-state index < -0.39 is 39.2 Å². The van der Waals surface area contributed by atoms with E-state index in [1.54, 1.807) is 0 Å². The Morgan fingerprint density at radius 1 is 1.30 bits per heavy atom. The predicted octanol–water partition coefficient (Wildman–Crippen LogP) is 2.80. The van der Waals surface area contributed by atoms with E-state index in [1.165, 1.54) is 31.3 Å². The summed E-state index contributed by atoms with van der Waals surface area (Å²) in [6, 6.07) is 4.87. The Hall–Kier alpha value is -2.07. The van der Waals surface area contributed by atoms with Crippen molar-refractivity contribution in [3.8, 4) is 5.69 Å². The van der Waals surface area contributed by atoms with Crippen LogP contribution in [0.15, 0.2) is 30.5 Å². The van der Waals surface area contributed by atoms with Gasteiger partial charge in [0.2, 0.25) is 0 Å². The molecule has 0 spiro atoms. The van der Waals surface area contributed by atoms with E-state index in [-0.39, 0.29) is 23.6 Å². The van der Waals surface area contributed by atoms with Crippen molar-refractivity contribution in [2.24, 2.45) is 0 Å². The lowest BCUT2D eigenvalue weighted by atomic mass is 10.1. The second-order valence-corrected chi connectivity index (χ2v) is 8.93. The van der Waals surface area contributed by atoms with Gasteiger partial charge in [-0.1, -0.05) is 11.6 Å². The number of sulfone groups is 1. The molecule has 1 unspecified atom stereocenters. The molecule has 146 valence electrons. The van der Waals surface area contributed by atoms with Crippen molar-refractivity contribution in [2.45, 2.75) is 18.6 Å². The van der Waals surface area contributed by atoms with Crippen LogP contribution in [0.2, 0.25) is 5.02 Å². The number of carbonyl (C=O) groups excluding carboxylic acids is 1. The van der Waals surface area contributed by atoms with E-state index in [2.05, 4.69) is 5.10 Å². The van der Waals surface area contributed by atoms with E-state index in [0.717, 1.165) is 11.1 Å². The number of amides is 1. The molecule has 11 heteroatoms. The van der Waals surface area contributed by atoms with E-state index in [1.807, 2.05) is 0 Å². The summed E-state index contributed by atoms with van der Waals surface area (Å²) in [4.78, 5) is 13.7. The number of hydrogen-bond donors (Lipinski definition) is 0. The summed E-state index contributed by atoms with van der Waals surface area (Å²) in [6.07, 6.45) is -3.80. The van der Waals surface area contributed by atoms with Crippen LogP contribution >= 0.6 is 11.6 Å². The molecule has 0 N–H and O–H groups in total. The third-order valence-corrected chi connectivity index (χ3v) is 6.42. The van der Waals surface area contributed by atoms with E-state index in [0.29, 0.717) is 9.70 Å². The molecule has 1 aromatic carbocycles. The molecule has 1 aromatic heterocycles. The monoisotopic (exact) mass is 421 g/mol. The molecule has 6 nitrogen and oxygen atoms in total. The van der Waals surface area contributed by atoms with E-state index in [9.17, 15) is 26.4 Å². The number of rotatable bonds is 3. The number of halogens is 4. The Morgan fingerprint density at radius 2 is 1.93 bits per heavy atom. The van der Waals surface area contributed by atoms with Crippen molar-refractivity contribution in [3.05, 3.63) is 46.7 Å². The van der Waals surface area contributed by atoms with Crippen molar-refractivity contribution >= 4 is 27.3 Å². The minimum Gasteiger partial charge on any atom is -0.338 e. The molecule has 0 aliphatic carbocycles. The molecular formula is C16H15ClF3N3O3S. The van der Waals surface area contributed by atoms with Crippen LogP contribution in [-0.2, 0) is 16.0 Å². The summed E-state index contributed by atoms with van der Waals surface area (Å²) in [6.45, 7) is 0. The quantitative estimate of drug-likeness (QED) is 0.764. The maximum absolute atomic E-state index is 13.7. The Morgan fingerprint density at radius 3 is 2.44 bits per heavy atom. The van der Waals surface area contributed by atoms with Gasteiger partial charge in [-0.05, 0) is 30.7 Å². The first-order valence-corrected chi connectivity index (χ1v) is 10.1. The van der Waals surface area contributed by atoms with Gasteiger partial charge in [-0.2, -0.15) is 18.3 Å². The highest BCUT2D eigenvalue weighted by molar-refractivity contribution is 7.91. The van der Waals surface area contributed by atoms with Crippen LogP contribution in [0.25, 0.3) is 5.69 Å². The maximum Gasteiger partial charge on any atom is 0.434 e. The minimum atomic E-state index is -4.84. The summed E-state index contributed by atoms with van der Waals surface area (Å²) in [7, 11) is -1.99. The Bertz CT molecular complexity index is 971. The number of hydrogen-bond acceptors (Lipinski definition) is 4. The standard InChI is InChI=1S/C16H15ClF3N3O3S/c1-22(12-6-7-27(25,26)9-12)15(24)13-8-21-23(14(13)16(18,19)20)11-4-2-10(17)3-5-11/h2-5,8,12H,6-7,9H2,1H3. The van der Waals surface area contributed by atoms with Crippen LogP contribution < -0.4 is 0 Å². The fraction of sp³-hybridized carbons (Fsp3) is 0.375. The Balaban J connectivity index is 2.00. The summed E-state index contributed by atoms with van der Waals surface area (Å²) >= 11 is 5.76. The average Bonchev–Trinajstić information content (AvgIpc) is 3.17. The molecular weight excluding hydrogens is 407 g/mol. The maximum atomic E-state index is 13.7. The average molecular weight is 422 g/mol. The van der Waals surface area contributed by atoms with Gasteiger partial charge in [0.1, 0.15) is 0 Å². The summed E-state index contributed by atoms with van der Waals surface area (Å²) in [5.41, 5.74) is -1.76. The van der Waals surface area contributed by atoms with Crippen molar-refractivity contribution in [1.82, 2.24) is 14.7 Å². The highest BCUT2D eigenvalue weighted by atomic mass is 35.5. The fourth-order valence-electron chi connectivity index (χ4n) is 2.99. The molecule has 1 aliphatic heterocycles. The molecule has 0 saturated carbocycles. The molecule has 2 aromatic rings. The van der Waals surface area contributed by atoms with Gasteiger partial charge >= 0.3 is 6.18 Å². The van der Waals surface area contributed by atoms with Gasteiger partial charge in [-0.3, -0.25) is 4.79 Å². The van der Waals surface area contributed by atoms with Gasteiger partial charge in [0.15, 0.2) is 15.5 Å². The first kappa shape index (κ1) is 19.7. The topological polar surface area (TPSA) is 72.3 Å². The summed E-state index contributed by atoms with van der Waals surface area (Å²) in [5.74, 6) is -1.28. The SMILES string of the molecule is CN(C(=O)c1cnn(-c2ccc(Cl)cc2)c1C(F)(F)F)C1CCS(=O)(=O)C1. The smallest absolute Gasteiger partial charge is 0.338 e. The highest BCUT2D eigenvalue weighted by Crippen LogP contribution is 2.34. The van der Waals surface area contributed by atoms with Crippen LogP contribution in [0.1, 0.15) is 22.5 Å². The molecule has 1 atom stereocenters. The molecule has 1 amide bonds. The Labute approximate surface area is 158 Å². The zero-order chi connectivity index (χ0) is 20.0. The lowest BCUT2D eigenvalue weighted by Gasteiger charge is -2.23. The lowest BCUT2D eigenvalue weighted by Crippen LogP contribution is -2.38. The first-order chi connectivity index (χ1) is 12.5. The molecule has 0 bridgehead atoms. The summed E-state index contributed by atoms with van der Waals surface area (Å²) in [5, 5.41) is 4.07. The zero-order valence-electron chi connectivity index (χ0n) is 14.1. The number of alkyl halides is 3. The first-order valence-electron chi connectivity index (χ1n) is 7.88. The molecule has 27 heavy (non-hydrogen) atoms. The molecule has 1 saturated heterocycles. The van der Waals surface area contributed by atoms with Gasteiger partial charge in [-0.15, -0.1) is 0 Å². The highest BCUT2D eigenvalue weighted by Gasteiger charge is 2.42. The second kappa shape index (κ2) is 6.83. The van der Waals surface area contributed by atoms with Gasteiger partial charge in [0, 0.05) is 18.1 Å². The molecule has 3 rings (SSSR count). The largest absolute Gasteiger partial charge is 0.434 e. The summed E-state index contributed by atoms with van der Waals surface area (Å²) < 4.78 is 64.9. The normalized spacial score (nSPS) is 19.2. The zero-order valence-corrected chi connectivity index (χ0v) is 15.6. The second-order valence-electron chi connectivity index (χ2n) is 6.27. The minimum absolute atomic E-state index is 0.0918. The van der Waals surface area contributed by atoms with Crippen molar-refractivity contribution < 1.29 is 26.4 Å². The lowest BCUT2D eigenvalue weighted by molar-refractivity contribution is -0.143. The fourth-order valence-corrected chi connectivity index (χ4v) is 4.89. The van der Waals surface area contributed by atoms with Crippen molar-refractivity contribution in [3.63, 3.8) is 0 Å². The molecule has 0 radical (unpaired) electrons. The van der Waals surface area contributed by atoms with E-state index >= 15 is 0 Å².